The standard InChI is InChI=1S/C14H19N3/c1-5-16-12(3)14(15-4)17-10-13-8-6-7-11(2)9-13/h5-9H,3,10H2,1-2,4H3,(H,15,17)/b16-5-. The Morgan fingerprint density at radius 3 is 2.82 bits per heavy atom. The number of amidine groups is 1. The third-order valence-electron chi connectivity index (χ3n) is 2.32. The van der Waals surface area contributed by atoms with Crippen molar-refractivity contribution in [3.63, 3.8) is 0 Å². The maximum Gasteiger partial charge on any atom is 0.146 e. The van der Waals surface area contributed by atoms with Crippen LogP contribution < -0.4 is 5.32 Å². The van der Waals surface area contributed by atoms with Crippen LogP contribution in [0.4, 0.5) is 0 Å². The van der Waals surface area contributed by atoms with Gasteiger partial charge in [-0.15, -0.1) is 0 Å². The first kappa shape index (κ1) is 13.2. The van der Waals surface area contributed by atoms with Crippen molar-refractivity contribution in [1.29, 1.82) is 0 Å². The van der Waals surface area contributed by atoms with Gasteiger partial charge < -0.3 is 5.32 Å². The lowest BCUT2D eigenvalue weighted by Crippen LogP contribution is -2.24. The molecule has 0 saturated heterocycles. The molecular weight excluding hydrogens is 210 g/mol. The molecule has 0 unspecified atom stereocenters. The minimum Gasteiger partial charge on any atom is -0.365 e. The number of aryl methyl sites for hydroxylation is 1. The van der Waals surface area contributed by atoms with Crippen LogP contribution in [0.15, 0.2) is 46.5 Å². The third-order valence-corrected chi connectivity index (χ3v) is 2.32. The molecule has 17 heavy (non-hydrogen) atoms. The van der Waals surface area contributed by atoms with Gasteiger partial charge in [0.2, 0.25) is 0 Å². The number of nitrogens with one attached hydrogen (secondary N) is 1. The Kier molecular flexibility index (Phi) is 5.14. The van der Waals surface area contributed by atoms with Crippen LogP contribution in [0.5, 0.6) is 0 Å². The van der Waals surface area contributed by atoms with Crippen LogP contribution >= 0.6 is 0 Å². The Labute approximate surface area is 103 Å². The van der Waals surface area contributed by atoms with Gasteiger partial charge in [-0.3, -0.25) is 9.98 Å². The summed E-state index contributed by atoms with van der Waals surface area (Å²) < 4.78 is 0. The van der Waals surface area contributed by atoms with Crippen molar-refractivity contribution < 1.29 is 0 Å². The van der Waals surface area contributed by atoms with E-state index in [0.717, 1.165) is 12.4 Å². The zero-order valence-corrected chi connectivity index (χ0v) is 10.7. The number of benzene rings is 1. The van der Waals surface area contributed by atoms with Crippen LogP contribution in [0.3, 0.4) is 0 Å². The van der Waals surface area contributed by atoms with Gasteiger partial charge in [-0.1, -0.05) is 36.4 Å². The summed E-state index contributed by atoms with van der Waals surface area (Å²) in [5, 5.41) is 3.23. The molecule has 0 bridgehead atoms. The van der Waals surface area contributed by atoms with E-state index in [1.165, 1.54) is 11.1 Å². The van der Waals surface area contributed by atoms with E-state index in [2.05, 4.69) is 47.0 Å². The molecule has 1 N–H and O–H groups in total. The summed E-state index contributed by atoms with van der Waals surface area (Å²) in [6, 6.07) is 8.36. The van der Waals surface area contributed by atoms with Gasteiger partial charge in [-0.2, -0.15) is 0 Å². The van der Waals surface area contributed by atoms with Crippen molar-refractivity contribution in [3.8, 4) is 0 Å². The second kappa shape index (κ2) is 6.63. The molecule has 90 valence electrons. The SMILES string of the molecule is C=C(/N=C\C)/C(=N\C)NCc1cccc(C)c1. The summed E-state index contributed by atoms with van der Waals surface area (Å²) >= 11 is 0. The summed E-state index contributed by atoms with van der Waals surface area (Å²) in [6.07, 6.45) is 1.71. The Bertz CT molecular complexity index is 445. The van der Waals surface area contributed by atoms with Crippen molar-refractivity contribution in [1.82, 2.24) is 5.32 Å². The van der Waals surface area contributed by atoms with E-state index in [1.54, 1.807) is 13.3 Å². The van der Waals surface area contributed by atoms with Gasteiger partial charge in [0.1, 0.15) is 5.84 Å². The predicted molar refractivity (Wildman–Crippen MR) is 74.7 cm³/mol. The lowest BCUT2D eigenvalue weighted by molar-refractivity contribution is 0.906. The average molecular weight is 229 g/mol. The highest BCUT2D eigenvalue weighted by atomic mass is 15.0. The second-order valence-corrected chi connectivity index (χ2v) is 3.75. The van der Waals surface area contributed by atoms with Crippen LogP contribution in [0, 0.1) is 6.92 Å². The largest absolute Gasteiger partial charge is 0.365 e. The second-order valence-electron chi connectivity index (χ2n) is 3.75. The average Bonchev–Trinajstić information content (AvgIpc) is 2.30. The quantitative estimate of drug-likeness (QED) is 0.625. The normalized spacial score (nSPS) is 11.8. The van der Waals surface area contributed by atoms with E-state index < -0.39 is 0 Å². The molecule has 3 nitrogen and oxygen atoms in total. The van der Waals surface area contributed by atoms with Gasteiger partial charge in [0.15, 0.2) is 0 Å². The van der Waals surface area contributed by atoms with Crippen molar-refractivity contribution in [2.45, 2.75) is 20.4 Å². The van der Waals surface area contributed by atoms with E-state index in [1.807, 2.05) is 13.0 Å². The van der Waals surface area contributed by atoms with E-state index in [0.29, 0.717) is 5.70 Å². The lowest BCUT2D eigenvalue weighted by Gasteiger charge is -2.09. The molecule has 0 amide bonds. The van der Waals surface area contributed by atoms with E-state index in [4.69, 9.17) is 0 Å². The fourth-order valence-electron chi connectivity index (χ4n) is 1.54. The fraction of sp³-hybridized carbons (Fsp3) is 0.286. The number of aliphatic imine (C=N–C) groups is 2. The molecule has 0 radical (unpaired) electrons. The molecule has 0 spiro atoms. The molecule has 0 aliphatic heterocycles. The summed E-state index contributed by atoms with van der Waals surface area (Å²) in [5.74, 6) is 0.726. The monoisotopic (exact) mass is 229 g/mol. The van der Waals surface area contributed by atoms with Crippen molar-refractivity contribution in [3.05, 3.63) is 47.7 Å². The minimum absolute atomic E-state index is 0.655. The van der Waals surface area contributed by atoms with Gasteiger partial charge >= 0.3 is 0 Å². The summed E-state index contributed by atoms with van der Waals surface area (Å²) in [4.78, 5) is 8.25. The predicted octanol–water partition coefficient (Wildman–Crippen LogP) is 2.72. The number of hydrogen-bond donors (Lipinski definition) is 1. The van der Waals surface area contributed by atoms with Crippen LogP contribution in [0.25, 0.3) is 0 Å². The maximum atomic E-state index is 4.14. The third kappa shape index (κ3) is 4.23. The first-order valence-corrected chi connectivity index (χ1v) is 5.61. The van der Waals surface area contributed by atoms with Crippen LogP contribution in [-0.4, -0.2) is 19.1 Å². The van der Waals surface area contributed by atoms with E-state index in [-0.39, 0.29) is 0 Å². The molecule has 0 aliphatic carbocycles. The lowest BCUT2D eigenvalue weighted by atomic mass is 10.1. The highest BCUT2D eigenvalue weighted by Gasteiger charge is 2.01. The molecular formula is C14H19N3. The Morgan fingerprint density at radius 2 is 2.24 bits per heavy atom. The Hall–Kier alpha value is -1.90. The summed E-state index contributed by atoms with van der Waals surface area (Å²) in [6.45, 7) is 8.53. The highest BCUT2D eigenvalue weighted by molar-refractivity contribution is 5.98. The summed E-state index contributed by atoms with van der Waals surface area (Å²) in [7, 11) is 1.73. The molecule has 0 aromatic heterocycles. The smallest absolute Gasteiger partial charge is 0.146 e. The molecule has 1 aromatic carbocycles. The molecule has 3 heteroatoms. The van der Waals surface area contributed by atoms with Gasteiger partial charge in [0.25, 0.3) is 0 Å². The number of hydrogen-bond acceptors (Lipinski definition) is 2. The van der Waals surface area contributed by atoms with Crippen molar-refractivity contribution >= 4 is 12.1 Å². The number of rotatable bonds is 4. The molecule has 0 atom stereocenters. The fourth-order valence-corrected chi connectivity index (χ4v) is 1.54. The zero-order valence-electron chi connectivity index (χ0n) is 10.7. The Morgan fingerprint density at radius 1 is 1.47 bits per heavy atom. The topological polar surface area (TPSA) is 36.8 Å². The van der Waals surface area contributed by atoms with Gasteiger partial charge in [0.05, 0.1) is 5.70 Å². The van der Waals surface area contributed by atoms with Crippen LogP contribution in [0.1, 0.15) is 18.1 Å². The first-order chi connectivity index (χ1) is 8.17. The summed E-state index contributed by atoms with van der Waals surface area (Å²) in [5.41, 5.74) is 3.13. The van der Waals surface area contributed by atoms with Crippen LogP contribution in [-0.2, 0) is 6.54 Å². The molecule has 1 aromatic rings. The highest BCUT2D eigenvalue weighted by Crippen LogP contribution is 2.04. The van der Waals surface area contributed by atoms with Gasteiger partial charge in [-0.25, -0.2) is 0 Å². The van der Waals surface area contributed by atoms with E-state index >= 15 is 0 Å². The maximum absolute atomic E-state index is 4.14. The minimum atomic E-state index is 0.655. The first-order valence-electron chi connectivity index (χ1n) is 5.61. The number of nitrogens with zero attached hydrogens (tertiary/aromatic N) is 2. The van der Waals surface area contributed by atoms with Crippen LogP contribution in [0.2, 0.25) is 0 Å². The van der Waals surface area contributed by atoms with E-state index in [9.17, 15) is 0 Å². The zero-order chi connectivity index (χ0) is 12.7. The van der Waals surface area contributed by atoms with Crippen molar-refractivity contribution in [2.75, 3.05) is 7.05 Å². The molecule has 1 rings (SSSR count). The molecule has 0 saturated carbocycles. The van der Waals surface area contributed by atoms with Gasteiger partial charge in [-0.05, 0) is 19.4 Å². The van der Waals surface area contributed by atoms with Gasteiger partial charge in [0, 0.05) is 19.8 Å². The molecule has 0 heterocycles. The van der Waals surface area contributed by atoms with Crippen molar-refractivity contribution in [2.24, 2.45) is 9.98 Å². The molecule has 0 aliphatic rings. The molecule has 0 fully saturated rings. The Balaban J connectivity index is 2.63.